The zero-order valence-corrected chi connectivity index (χ0v) is 11.9. The first kappa shape index (κ1) is 14.6. The van der Waals surface area contributed by atoms with Gasteiger partial charge in [0.05, 0.1) is 17.0 Å². The maximum Gasteiger partial charge on any atom is 0.310 e. The van der Waals surface area contributed by atoms with Gasteiger partial charge in [-0.15, -0.1) is 0 Å². The minimum atomic E-state index is -0.443. The fourth-order valence-electron chi connectivity index (χ4n) is 2.37. The first-order valence-corrected chi connectivity index (χ1v) is 6.74. The molecule has 1 aliphatic rings. The maximum absolute atomic E-state index is 11.1. The molecular formula is C13H15ClN4O2. The number of rotatable bonds is 3. The molecule has 1 fully saturated rings. The Morgan fingerprint density at radius 2 is 2.05 bits per heavy atom. The van der Waals surface area contributed by atoms with Crippen LogP contribution < -0.4 is 4.90 Å². The van der Waals surface area contributed by atoms with E-state index in [2.05, 4.69) is 11.0 Å². The lowest BCUT2D eigenvalue weighted by atomic mass is 10.2. The van der Waals surface area contributed by atoms with Gasteiger partial charge in [-0.3, -0.25) is 15.0 Å². The van der Waals surface area contributed by atoms with Gasteiger partial charge in [-0.05, 0) is 19.1 Å². The second-order valence-electron chi connectivity index (χ2n) is 4.69. The number of piperazine rings is 1. The molecule has 2 rings (SSSR count). The van der Waals surface area contributed by atoms with E-state index >= 15 is 0 Å². The summed E-state index contributed by atoms with van der Waals surface area (Å²) in [6.07, 6.45) is 0. The van der Waals surface area contributed by atoms with Crippen molar-refractivity contribution in [1.82, 2.24) is 4.90 Å². The average molecular weight is 295 g/mol. The summed E-state index contributed by atoms with van der Waals surface area (Å²) >= 11 is 5.92. The van der Waals surface area contributed by atoms with Crippen LogP contribution in [-0.4, -0.2) is 42.0 Å². The molecule has 7 heteroatoms. The molecule has 0 aromatic heterocycles. The predicted octanol–water partition coefficient (Wildman–Crippen LogP) is 2.28. The molecule has 1 aromatic carbocycles. The zero-order valence-electron chi connectivity index (χ0n) is 11.1. The fourth-order valence-corrected chi connectivity index (χ4v) is 2.61. The minimum absolute atomic E-state index is 0.0454. The first-order chi connectivity index (χ1) is 9.54. The SMILES string of the molecule is CC(C#N)N1CCN(c2cccc(Cl)c2[N+](=O)[O-])CC1. The van der Waals surface area contributed by atoms with Crippen molar-refractivity contribution < 1.29 is 4.92 Å². The summed E-state index contributed by atoms with van der Waals surface area (Å²) in [5.74, 6) is 0. The standard InChI is InChI=1S/C13H15ClN4O2/c1-10(9-15)16-5-7-17(8-6-16)12-4-2-3-11(14)13(12)18(19)20/h2-4,10H,5-8H2,1H3. The van der Waals surface area contributed by atoms with Gasteiger partial charge in [0.2, 0.25) is 0 Å². The van der Waals surface area contributed by atoms with E-state index in [-0.39, 0.29) is 16.8 Å². The maximum atomic E-state index is 11.1. The number of nitriles is 1. The normalized spacial score (nSPS) is 17.6. The van der Waals surface area contributed by atoms with Crippen molar-refractivity contribution in [3.8, 4) is 6.07 Å². The third kappa shape index (κ3) is 2.84. The van der Waals surface area contributed by atoms with Crippen LogP contribution in [0.3, 0.4) is 0 Å². The zero-order chi connectivity index (χ0) is 14.7. The molecule has 0 N–H and O–H groups in total. The van der Waals surface area contributed by atoms with Crippen LogP contribution in [0.15, 0.2) is 18.2 Å². The number of benzene rings is 1. The molecule has 0 spiro atoms. The van der Waals surface area contributed by atoms with Crippen LogP contribution in [0.25, 0.3) is 0 Å². The van der Waals surface area contributed by atoms with Gasteiger partial charge in [0, 0.05) is 26.2 Å². The molecule has 1 aromatic rings. The summed E-state index contributed by atoms with van der Waals surface area (Å²) in [4.78, 5) is 14.7. The molecule has 0 bridgehead atoms. The first-order valence-electron chi connectivity index (χ1n) is 6.36. The molecule has 1 aliphatic heterocycles. The summed E-state index contributed by atoms with van der Waals surface area (Å²) < 4.78 is 0. The Kier molecular flexibility index (Phi) is 4.42. The van der Waals surface area contributed by atoms with Crippen molar-refractivity contribution in [2.24, 2.45) is 0 Å². The van der Waals surface area contributed by atoms with E-state index in [1.54, 1.807) is 12.1 Å². The van der Waals surface area contributed by atoms with Gasteiger partial charge < -0.3 is 4.90 Å². The van der Waals surface area contributed by atoms with E-state index in [1.165, 1.54) is 6.07 Å². The van der Waals surface area contributed by atoms with E-state index in [0.29, 0.717) is 31.9 Å². The molecule has 1 saturated heterocycles. The van der Waals surface area contributed by atoms with Crippen molar-refractivity contribution >= 4 is 23.0 Å². The Bertz CT molecular complexity index is 550. The lowest BCUT2D eigenvalue weighted by Gasteiger charge is -2.36. The van der Waals surface area contributed by atoms with Crippen molar-refractivity contribution in [3.63, 3.8) is 0 Å². The Balaban J connectivity index is 2.18. The number of anilines is 1. The molecule has 6 nitrogen and oxygen atoms in total. The second-order valence-corrected chi connectivity index (χ2v) is 5.10. The van der Waals surface area contributed by atoms with Crippen molar-refractivity contribution in [2.75, 3.05) is 31.1 Å². The molecular weight excluding hydrogens is 280 g/mol. The second kappa shape index (κ2) is 6.07. The minimum Gasteiger partial charge on any atom is -0.363 e. The van der Waals surface area contributed by atoms with Crippen LogP contribution in [-0.2, 0) is 0 Å². The van der Waals surface area contributed by atoms with Gasteiger partial charge in [0.25, 0.3) is 0 Å². The monoisotopic (exact) mass is 294 g/mol. The van der Waals surface area contributed by atoms with E-state index in [1.807, 2.05) is 11.8 Å². The average Bonchev–Trinajstić information content (AvgIpc) is 2.46. The van der Waals surface area contributed by atoms with Crippen molar-refractivity contribution in [1.29, 1.82) is 5.26 Å². The van der Waals surface area contributed by atoms with Crippen LogP contribution in [0.1, 0.15) is 6.92 Å². The molecule has 1 unspecified atom stereocenters. The third-order valence-corrected chi connectivity index (χ3v) is 3.84. The van der Waals surface area contributed by atoms with Crippen molar-refractivity contribution in [3.05, 3.63) is 33.3 Å². The van der Waals surface area contributed by atoms with E-state index in [9.17, 15) is 10.1 Å². The fraction of sp³-hybridized carbons (Fsp3) is 0.462. The number of para-hydroxylation sites is 1. The third-order valence-electron chi connectivity index (χ3n) is 3.54. The Morgan fingerprint density at radius 1 is 1.40 bits per heavy atom. The summed E-state index contributed by atoms with van der Waals surface area (Å²) in [5, 5.41) is 20.2. The molecule has 20 heavy (non-hydrogen) atoms. The number of halogens is 1. The van der Waals surface area contributed by atoms with Gasteiger partial charge in [-0.1, -0.05) is 17.7 Å². The highest BCUT2D eigenvalue weighted by atomic mass is 35.5. The van der Waals surface area contributed by atoms with Gasteiger partial charge in [0.15, 0.2) is 0 Å². The number of nitrogens with zero attached hydrogens (tertiary/aromatic N) is 4. The van der Waals surface area contributed by atoms with Gasteiger partial charge in [0.1, 0.15) is 10.7 Å². The Hall–Kier alpha value is -1.84. The molecule has 106 valence electrons. The Labute approximate surface area is 122 Å². The molecule has 0 saturated carbocycles. The summed E-state index contributed by atoms with van der Waals surface area (Å²) in [7, 11) is 0. The highest BCUT2D eigenvalue weighted by molar-refractivity contribution is 6.33. The van der Waals surface area contributed by atoms with Gasteiger partial charge in [-0.2, -0.15) is 5.26 Å². The molecule has 0 aliphatic carbocycles. The highest BCUT2D eigenvalue weighted by Gasteiger charge is 2.27. The summed E-state index contributed by atoms with van der Waals surface area (Å²) in [5.41, 5.74) is 0.503. The molecule has 1 atom stereocenters. The number of hydrogen-bond acceptors (Lipinski definition) is 5. The van der Waals surface area contributed by atoms with Gasteiger partial charge >= 0.3 is 5.69 Å². The largest absolute Gasteiger partial charge is 0.363 e. The smallest absolute Gasteiger partial charge is 0.310 e. The van der Waals surface area contributed by atoms with E-state index in [4.69, 9.17) is 16.9 Å². The van der Waals surface area contributed by atoms with Crippen LogP contribution >= 0.6 is 11.6 Å². The summed E-state index contributed by atoms with van der Waals surface area (Å²) in [6.45, 7) is 4.56. The van der Waals surface area contributed by atoms with Crippen LogP contribution in [0.5, 0.6) is 0 Å². The quantitative estimate of drug-likeness (QED) is 0.631. The van der Waals surface area contributed by atoms with Crippen molar-refractivity contribution in [2.45, 2.75) is 13.0 Å². The number of hydrogen-bond donors (Lipinski definition) is 0. The molecule has 0 amide bonds. The van der Waals surface area contributed by atoms with E-state index in [0.717, 1.165) is 0 Å². The topological polar surface area (TPSA) is 73.4 Å². The highest BCUT2D eigenvalue weighted by Crippen LogP contribution is 2.35. The van der Waals surface area contributed by atoms with Crippen LogP contribution in [0.2, 0.25) is 5.02 Å². The van der Waals surface area contributed by atoms with Gasteiger partial charge in [-0.25, -0.2) is 0 Å². The molecule has 1 heterocycles. The van der Waals surface area contributed by atoms with Crippen LogP contribution in [0, 0.1) is 21.4 Å². The number of nitro benzene ring substituents is 1. The lowest BCUT2D eigenvalue weighted by Crippen LogP contribution is -2.49. The molecule has 0 radical (unpaired) electrons. The predicted molar refractivity (Wildman–Crippen MR) is 77.0 cm³/mol. The summed E-state index contributed by atoms with van der Waals surface area (Å²) in [6, 6.07) is 7.03. The Morgan fingerprint density at radius 3 is 2.60 bits per heavy atom. The lowest BCUT2D eigenvalue weighted by molar-refractivity contribution is -0.384. The van der Waals surface area contributed by atoms with Crippen LogP contribution in [0.4, 0.5) is 11.4 Å². The van der Waals surface area contributed by atoms with E-state index < -0.39 is 4.92 Å². The number of nitro groups is 1.